The second-order valence-electron chi connectivity index (χ2n) is 5.09. The summed E-state index contributed by atoms with van der Waals surface area (Å²) in [5.74, 6) is 0.790. The number of ether oxygens (including phenoxy) is 1. The quantitative estimate of drug-likeness (QED) is 0.786. The lowest BCUT2D eigenvalue weighted by Crippen LogP contribution is -2.52. The lowest BCUT2D eigenvalue weighted by atomic mass is 10.1. The maximum atomic E-state index is 5.87. The third-order valence-corrected chi connectivity index (χ3v) is 3.35. The first-order chi connectivity index (χ1) is 8.00. The molecule has 0 amide bonds. The summed E-state index contributed by atoms with van der Waals surface area (Å²) in [5, 5.41) is 0.790. The number of nitrogens with zero attached hydrogens (tertiary/aromatic N) is 3. The Balaban J connectivity index is 2.15. The highest BCUT2D eigenvalue weighted by molar-refractivity contribution is 9.08. The predicted octanol–water partition coefficient (Wildman–Crippen LogP) is 2.38. The molecule has 1 aromatic rings. The SMILES string of the molecule is CC1CN(c2ncc(CBr)cn2)CC(C)(C)O1. The first-order valence-corrected chi connectivity index (χ1v) is 6.92. The average molecular weight is 300 g/mol. The maximum absolute atomic E-state index is 5.87. The zero-order chi connectivity index (χ0) is 12.5. The molecule has 17 heavy (non-hydrogen) atoms. The second-order valence-corrected chi connectivity index (χ2v) is 5.65. The first-order valence-electron chi connectivity index (χ1n) is 5.80. The van der Waals surface area contributed by atoms with Gasteiger partial charge in [-0.2, -0.15) is 0 Å². The molecule has 0 saturated carbocycles. The normalized spacial score (nSPS) is 23.8. The van der Waals surface area contributed by atoms with Crippen molar-refractivity contribution in [2.24, 2.45) is 0 Å². The monoisotopic (exact) mass is 299 g/mol. The van der Waals surface area contributed by atoms with Gasteiger partial charge in [0.2, 0.25) is 5.95 Å². The van der Waals surface area contributed by atoms with E-state index in [4.69, 9.17) is 4.74 Å². The number of hydrogen-bond acceptors (Lipinski definition) is 4. The Morgan fingerprint density at radius 3 is 2.65 bits per heavy atom. The van der Waals surface area contributed by atoms with Gasteiger partial charge in [0.15, 0.2) is 0 Å². The van der Waals surface area contributed by atoms with Gasteiger partial charge in [0.25, 0.3) is 0 Å². The summed E-state index contributed by atoms with van der Waals surface area (Å²) in [6, 6.07) is 0. The summed E-state index contributed by atoms with van der Waals surface area (Å²) < 4.78 is 5.87. The molecule has 0 aromatic carbocycles. The van der Waals surface area contributed by atoms with Gasteiger partial charge in [-0.3, -0.25) is 0 Å². The third kappa shape index (κ3) is 3.16. The summed E-state index contributed by atoms with van der Waals surface area (Å²) in [6.45, 7) is 7.95. The van der Waals surface area contributed by atoms with Gasteiger partial charge in [-0.1, -0.05) is 15.9 Å². The van der Waals surface area contributed by atoms with E-state index in [0.717, 1.165) is 29.9 Å². The van der Waals surface area contributed by atoms with Crippen LogP contribution in [0.2, 0.25) is 0 Å². The number of anilines is 1. The minimum absolute atomic E-state index is 0.144. The van der Waals surface area contributed by atoms with E-state index in [9.17, 15) is 0 Å². The van der Waals surface area contributed by atoms with Gasteiger partial charge < -0.3 is 9.64 Å². The fraction of sp³-hybridized carbons (Fsp3) is 0.667. The molecule has 1 aromatic heterocycles. The van der Waals surface area contributed by atoms with Crippen LogP contribution in [0.3, 0.4) is 0 Å². The smallest absolute Gasteiger partial charge is 0.225 e. The molecule has 4 nitrogen and oxygen atoms in total. The highest BCUT2D eigenvalue weighted by Gasteiger charge is 2.32. The van der Waals surface area contributed by atoms with Crippen molar-refractivity contribution in [1.29, 1.82) is 0 Å². The van der Waals surface area contributed by atoms with Gasteiger partial charge in [0.05, 0.1) is 11.7 Å². The van der Waals surface area contributed by atoms with Crippen molar-refractivity contribution in [3.8, 4) is 0 Å². The molecule has 1 aliphatic rings. The summed E-state index contributed by atoms with van der Waals surface area (Å²) in [5.41, 5.74) is 0.948. The van der Waals surface area contributed by atoms with Gasteiger partial charge >= 0.3 is 0 Å². The molecule has 2 rings (SSSR count). The molecule has 0 aliphatic carbocycles. The number of morpholine rings is 1. The summed E-state index contributed by atoms with van der Waals surface area (Å²) in [7, 11) is 0. The molecule has 94 valence electrons. The summed E-state index contributed by atoms with van der Waals surface area (Å²) >= 11 is 3.39. The number of rotatable bonds is 2. The van der Waals surface area contributed by atoms with Gasteiger partial charge in [-0.05, 0) is 26.3 Å². The van der Waals surface area contributed by atoms with Crippen LogP contribution >= 0.6 is 15.9 Å². The maximum Gasteiger partial charge on any atom is 0.225 e. The first kappa shape index (κ1) is 12.8. The number of hydrogen-bond donors (Lipinski definition) is 0. The van der Waals surface area contributed by atoms with Gasteiger partial charge in [0.1, 0.15) is 0 Å². The molecule has 5 heteroatoms. The van der Waals surface area contributed by atoms with E-state index in [-0.39, 0.29) is 11.7 Å². The van der Waals surface area contributed by atoms with Crippen LogP contribution in [-0.2, 0) is 10.1 Å². The largest absolute Gasteiger partial charge is 0.369 e. The molecular formula is C12H18BrN3O. The molecule has 1 fully saturated rings. The molecule has 1 unspecified atom stereocenters. The molecule has 1 aliphatic heterocycles. The van der Waals surface area contributed by atoms with Crippen LogP contribution in [0.25, 0.3) is 0 Å². The van der Waals surface area contributed by atoms with Crippen molar-refractivity contribution >= 4 is 21.9 Å². The van der Waals surface area contributed by atoms with Crippen molar-refractivity contribution in [2.75, 3.05) is 18.0 Å². The van der Waals surface area contributed by atoms with E-state index < -0.39 is 0 Å². The molecule has 0 bridgehead atoms. The lowest BCUT2D eigenvalue weighted by Gasteiger charge is -2.41. The van der Waals surface area contributed by atoms with Crippen LogP contribution in [0, 0.1) is 0 Å². The Morgan fingerprint density at radius 1 is 1.47 bits per heavy atom. The van der Waals surface area contributed by atoms with Crippen molar-refractivity contribution < 1.29 is 4.74 Å². The average Bonchev–Trinajstić information content (AvgIpc) is 2.26. The van der Waals surface area contributed by atoms with E-state index in [2.05, 4.69) is 51.6 Å². The second kappa shape index (κ2) is 4.90. The highest BCUT2D eigenvalue weighted by Crippen LogP contribution is 2.23. The van der Waals surface area contributed by atoms with E-state index in [1.165, 1.54) is 0 Å². The Labute approximate surface area is 111 Å². The van der Waals surface area contributed by atoms with Crippen molar-refractivity contribution in [1.82, 2.24) is 9.97 Å². The highest BCUT2D eigenvalue weighted by atomic mass is 79.9. The molecule has 0 spiro atoms. The number of halogens is 1. The Bertz CT molecular complexity index is 380. The third-order valence-electron chi connectivity index (χ3n) is 2.70. The minimum atomic E-state index is -0.144. The molecule has 0 N–H and O–H groups in total. The molecule has 1 saturated heterocycles. The van der Waals surface area contributed by atoms with E-state index in [0.29, 0.717) is 0 Å². The van der Waals surface area contributed by atoms with Gasteiger partial charge in [-0.15, -0.1) is 0 Å². The Kier molecular flexibility index (Phi) is 3.68. The van der Waals surface area contributed by atoms with Crippen LogP contribution in [-0.4, -0.2) is 34.8 Å². The van der Waals surface area contributed by atoms with Crippen molar-refractivity contribution in [3.63, 3.8) is 0 Å². The van der Waals surface area contributed by atoms with E-state index >= 15 is 0 Å². The zero-order valence-corrected chi connectivity index (χ0v) is 12.1. The van der Waals surface area contributed by atoms with E-state index in [1.807, 2.05) is 12.4 Å². The summed E-state index contributed by atoms with van der Waals surface area (Å²) in [6.07, 6.45) is 3.94. The molecule has 0 radical (unpaired) electrons. The molecular weight excluding hydrogens is 282 g/mol. The van der Waals surface area contributed by atoms with Gasteiger partial charge in [0, 0.05) is 30.8 Å². The zero-order valence-electron chi connectivity index (χ0n) is 10.5. The summed E-state index contributed by atoms with van der Waals surface area (Å²) in [4.78, 5) is 11.0. The number of aromatic nitrogens is 2. The fourth-order valence-corrected chi connectivity index (χ4v) is 2.48. The molecule has 1 atom stereocenters. The Hall–Kier alpha value is -0.680. The lowest BCUT2D eigenvalue weighted by molar-refractivity contribution is -0.0753. The van der Waals surface area contributed by atoms with Crippen LogP contribution in [0.5, 0.6) is 0 Å². The van der Waals surface area contributed by atoms with Crippen LogP contribution < -0.4 is 4.90 Å². The topological polar surface area (TPSA) is 38.2 Å². The fourth-order valence-electron chi connectivity index (χ4n) is 2.19. The Morgan fingerprint density at radius 2 is 2.12 bits per heavy atom. The van der Waals surface area contributed by atoms with Crippen LogP contribution in [0.4, 0.5) is 5.95 Å². The standard InChI is InChI=1S/C12H18BrN3O/c1-9-7-16(8-12(2,3)17-9)11-14-5-10(4-13)6-15-11/h5-6,9H,4,7-8H2,1-3H3. The van der Waals surface area contributed by atoms with E-state index in [1.54, 1.807) is 0 Å². The number of alkyl halides is 1. The molecule has 2 heterocycles. The minimum Gasteiger partial charge on any atom is -0.369 e. The van der Waals surface area contributed by atoms with Crippen molar-refractivity contribution in [3.05, 3.63) is 18.0 Å². The van der Waals surface area contributed by atoms with Crippen LogP contribution in [0.1, 0.15) is 26.3 Å². The predicted molar refractivity (Wildman–Crippen MR) is 71.5 cm³/mol. The van der Waals surface area contributed by atoms with Gasteiger partial charge in [-0.25, -0.2) is 9.97 Å². The van der Waals surface area contributed by atoms with Crippen molar-refractivity contribution in [2.45, 2.75) is 37.8 Å². The van der Waals surface area contributed by atoms with Crippen LogP contribution in [0.15, 0.2) is 12.4 Å².